The quantitative estimate of drug-likeness (QED) is 0.582. The van der Waals surface area contributed by atoms with E-state index in [-0.39, 0.29) is 17.1 Å². The summed E-state index contributed by atoms with van der Waals surface area (Å²) in [6, 6.07) is 13.3. The number of nitrogens with zero attached hydrogens (tertiary/aromatic N) is 2. The molecule has 0 saturated heterocycles. The fourth-order valence-electron chi connectivity index (χ4n) is 2.03. The van der Waals surface area contributed by atoms with Gasteiger partial charge in [0, 0.05) is 23.8 Å². The van der Waals surface area contributed by atoms with Crippen molar-refractivity contribution in [3.05, 3.63) is 76.2 Å². The smallest absolute Gasteiger partial charge is 0.277 e. The lowest BCUT2D eigenvalue weighted by molar-refractivity contribution is -0.384. The van der Waals surface area contributed by atoms with Crippen LogP contribution in [0.2, 0.25) is 0 Å². The summed E-state index contributed by atoms with van der Waals surface area (Å²) in [4.78, 5) is 22.2. The van der Waals surface area contributed by atoms with Crippen LogP contribution in [-0.4, -0.2) is 16.0 Å². The number of halogens is 1. The third-order valence-corrected chi connectivity index (χ3v) is 3.21. The summed E-state index contributed by atoms with van der Waals surface area (Å²) in [5.74, 6) is -1.15. The number of carbonyl (C=O) groups is 1. The standard InChI is InChI=1S/C16H10FN3O4/c17-12-7-6-11(20(22)23)8-13(12)18-16(21)14-9-15(24-19-14)10-4-2-1-3-5-10/h1-9H,(H,18,21). The van der Waals surface area contributed by atoms with Crippen LogP contribution < -0.4 is 5.32 Å². The van der Waals surface area contributed by atoms with Gasteiger partial charge in [0.15, 0.2) is 11.5 Å². The molecule has 0 unspecified atom stereocenters. The van der Waals surface area contributed by atoms with Gasteiger partial charge in [-0.05, 0) is 6.07 Å². The normalized spacial score (nSPS) is 10.4. The highest BCUT2D eigenvalue weighted by molar-refractivity contribution is 6.03. The van der Waals surface area contributed by atoms with Crippen molar-refractivity contribution in [2.75, 3.05) is 5.32 Å². The molecule has 0 bridgehead atoms. The molecule has 0 fully saturated rings. The van der Waals surface area contributed by atoms with Crippen molar-refractivity contribution in [3.63, 3.8) is 0 Å². The molecule has 1 aromatic heterocycles. The molecule has 3 aromatic rings. The average molecular weight is 327 g/mol. The molecule has 120 valence electrons. The average Bonchev–Trinajstić information content (AvgIpc) is 3.07. The van der Waals surface area contributed by atoms with E-state index >= 15 is 0 Å². The van der Waals surface area contributed by atoms with E-state index in [2.05, 4.69) is 10.5 Å². The van der Waals surface area contributed by atoms with E-state index in [9.17, 15) is 19.3 Å². The predicted molar refractivity (Wildman–Crippen MR) is 82.9 cm³/mol. The highest BCUT2D eigenvalue weighted by Gasteiger charge is 2.17. The van der Waals surface area contributed by atoms with Crippen LogP contribution in [0.5, 0.6) is 0 Å². The Morgan fingerprint density at radius 2 is 1.92 bits per heavy atom. The van der Waals surface area contributed by atoms with Crippen LogP contribution in [0.15, 0.2) is 59.1 Å². The van der Waals surface area contributed by atoms with Gasteiger partial charge < -0.3 is 9.84 Å². The molecule has 0 aliphatic rings. The summed E-state index contributed by atoms with van der Waals surface area (Å²) in [7, 11) is 0. The lowest BCUT2D eigenvalue weighted by Crippen LogP contribution is -2.13. The number of anilines is 1. The van der Waals surface area contributed by atoms with Crippen LogP contribution in [0.1, 0.15) is 10.5 Å². The van der Waals surface area contributed by atoms with E-state index in [1.165, 1.54) is 6.07 Å². The van der Waals surface area contributed by atoms with Crippen molar-refractivity contribution in [2.24, 2.45) is 0 Å². The number of non-ortho nitro benzene ring substituents is 1. The molecule has 0 atom stereocenters. The zero-order valence-electron chi connectivity index (χ0n) is 12.1. The maximum atomic E-state index is 13.7. The zero-order valence-corrected chi connectivity index (χ0v) is 12.1. The number of hydrogen-bond acceptors (Lipinski definition) is 5. The van der Waals surface area contributed by atoms with Crippen molar-refractivity contribution in [3.8, 4) is 11.3 Å². The van der Waals surface area contributed by atoms with Crippen LogP contribution in [0.4, 0.5) is 15.8 Å². The van der Waals surface area contributed by atoms with Crippen LogP contribution >= 0.6 is 0 Å². The summed E-state index contributed by atoms with van der Waals surface area (Å²) in [6.45, 7) is 0. The minimum atomic E-state index is -0.791. The van der Waals surface area contributed by atoms with Gasteiger partial charge >= 0.3 is 0 Å². The lowest BCUT2D eigenvalue weighted by Gasteiger charge is -2.03. The molecule has 7 nitrogen and oxygen atoms in total. The van der Waals surface area contributed by atoms with Crippen molar-refractivity contribution in [1.29, 1.82) is 0 Å². The summed E-state index contributed by atoms with van der Waals surface area (Å²) in [5.41, 5.74) is 0.0145. The monoisotopic (exact) mass is 327 g/mol. The van der Waals surface area contributed by atoms with Gasteiger partial charge in [0.05, 0.1) is 10.6 Å². The SMILES string of the molecule is O=C(Nc1cc([N+](=O)[O-])ccc1F)c1cc(-c2ccccc2)on1. The van der Waals surface area contributed by atoms with Crippen molar-refractivity contribution in [1.82, 2.24) is 5.16 Å². The first kappa shape index (κ1) is 15.3. The van der Waals surface area contributed by atoms with Crippen molar-refractivity contribution < 1.29 is 18.6 Å². The van der Waals surface area contributed by atoms with Gasteiger partial charge in [-0.3, -0.25) is 14.9 Å². The Kier molecular flexibility index (Phi) is 4.02. The molecule has 1 N–H and O–H groups in total. The van der Waals surface area contributed by atoms with E-state index in [1.807, 2.05) is 6.07 Å². The van der Waals surface area contributed by atoms with Crippen LogP contribution in [0.3, 0.4) is 0 Å². The Morgan fingerprint density at radius 3 is 2.62 bits per heavy atom. The van der Waals surface area contributed by atoms with Gasteiger partial charge in [-0.15, -0.1) is 0 Å². The van der Waals surface area contributed by atoms with Crippen LogP contribution in [0.25, 0.3) is 11.3 Å². The third-order valence-electron chi connectivity index (χ3n) is 3.21. The number of nitro benzene ring substituents is 1. The van der Waals surface area contributed by atoms with E-state index in [0.29, 0.717) is 5.76 Å². The number of rotatable bonds is 4. The van der Waals surface area contributed by atoms with Gasteiger partial charge in [0.25, 0.3) is 11.6 Å². The lowest BCUT2D eigenvalue weighted by atomic mass is 10.1. The number of amides is 1. The summed E-state index contributed by atoms with van der Waals surface area (Å²) in [5, 5.41) is 16.6. The highest BCUT2D eigenvalue weighted by atomic mass is 19.1. The Bertz CT molecular complexity index is 909. The van der Waals surface area contributed by atoms with Gasteiger partial charge in [-0.25, -0.2) is 4.39 Å². The molecule has 1 heterocycles. The fourth-order valence-corrected chi connectivity index (χ4v) is 2.03. The first-order chi connectivity index (χ1) is 11.5. The van der Waals surface area contributed by atoms with Gasteiger partial charge in [-0.2, -0.15) is 0 Å². The molecule has 2 aromatic carbocycles. The molecule has 0 aliphatic carbocycles. The number of benzene rings is 2. The Hall–Kier alpha value is -3.55. The fraction of sp³-hybridized carbons (Fsp3) is 0. The Balaban J connectivity index is 1.82. The number of nitrogens with one attached hydrogen (secondary N) is 1. The second-order valence-electron chi connectivity index (χ2n) is 4.82. The predicted octanol–water partition coefficient (Wildman–Crippen LogP) is 3.64. The topological polar surface area (TPSA) is 98.3 Å². The van der Waals surface area contributed by atoms with E-state index in [4.69, 9.17) is 4.52 Å². The Morgan fingerprint density at radius 1 is 1.17 bits per heavy atom. The molecular weight excluding hydrogens is 317 g/mol. The van der Waals surface area contributed by atoms with E-state index in [0.717, 1.165) is 23.8 Å². The van der Waals surface area contributed by atoms with Crippen LogP contribution in [0, 0.1) is 15.9 Å². The van der Waals surface area contributed by atoms with Gasteiger partial charge in [-0.1, -0.05) is 35.5 Å². The van der Waals surface area contributed by atoms with E-state index in [1.54, 1.807) is 24.3 Å². The molecule has 0 saturated carbocycles. The van der Waals surface area contributed by atoms with E-state index < -0.39 is 16.6 Å². The van der Waals surface area contributed by atoms with Crippen LogP contribution in [-0.2, 0) is 0 Å². The summed E-state index contributed by atoms with van der Waals surface area (Å²) in [6.07, 6.45) is 0. The first-order valence-corrected chi connectivity index (χ1v) is 6.82. The largest absolute Gasteiger partial charge is 0.355 e. The molecule has 0 spiro atoms. The summed E-state index contributed by atoms with van der Waals surface area (Å²) >= 11 is 0. The molecule has 8 heteroatoms. The maximum Gasteiger partial charge on any atom is 0.277 e. The highest BCUT2D eigenvalue weighted by Crippen LogP contribution is 2.23. The maximum absolute atomic E-state index is 13.7. The second kappa shape index (κ2) is 6.29. The summed E-state index contributed by atoms with van der Waals surface area (Å²) < 4.78 is 18.8. The molecule has 0 radical (unpaired) electrons. The second-order valence-corrected chi connectivity index (χ2v) is 4.82. The zero-order chi connectivity index (χ0) is 17.1. The number of aromatic nitrogens is 1. The molecular formula is C16H10FN3O4. The van der Waals surface area contributed by atoms with Gasteiger partial charge in [0.1, 0.15) is 5.82 Å². The van der Waals surface area contributed by atoms with Crippen molar-refractivity contribution >= 4 is 17.3 Å². The minimum Gasteiger partial charge on any atom is -0.355 e. The molecule has 3 rings (SSSR count). The van der Waals surface area contributed by atoms with Crippen molar-refractivity contribution in [2.45, 2.75) is 0 Å². The minimum absolute atomic E-state index is 0.0697. The number of nitro groups is 1. The Labute approximate surface area is 134 Å². The third kappa shape index (κ3) is 3.12. The molecule has 1 amide bonds. The molecule has 24 heavy (non-hydrogen) atoms. The number of hydrogen-bond donors (Lipinski definition) is 1. The first-order valence-electron chi connectivity index (χ1n) is 6.82. The molecule has 0 aliphatic heterocycles. The number of carbonyl (C=O) groups excluding carboxylic acids is 1. The van der Waals surface area contributed by atoms with Gasteiger partial charge in [0.2, 0.25) is 0 Å².